The number of Topliss-reactive ketones (excluding diaryl/α,β-unsaturated/α-hetero) is 1. The molecule has 0 spiro atoms. The zero-order valence-corrected chi connectivity index (χ0v) is 19.1. The predicted octanol–water partition coefficient (Wildman–Crippen LogP) is 5.93. The average Bonchev–Trinajstić information content (AvgIpc) is 3.02. The molecule has 0 atom stereocenters. The number of hydrogen-bond acceptors (Lipinski definition) is 5. The molecule has 2 aromatic heterocycles. The van der Waals surface area contributed by atoms with Gasteiger partial charge in [-0.2, -0.15) is 0 Å². The van der Waals surface area contributed by atoms with Crippen LogP contribution in [0.2, 0.25) is 0 Å². The number of hydrogen-bond donors (Lipinski definition) is 1. The van der Waals surface area contributed by atoms with Crippen LogP contribution >= 0.6 is 0 Å². The van der Waals surface area contributed by atoms with Crippen LogP contribution in [0.15, 0.2) is 60.8 Å². The number of rotatable bonds is 6. The van der Waals surface area contributed by atoms with Gasteiger partial charge in [0.2, 0.25) is 5.95 Å². The lowest BCUT2D eigenvalue weighted by Gasteiger charge is -2.20. The molecule has 4 aromatic rings. The van der Waals surface area contributed by atoms with Crippen molar-refractivity contribution >= 4 is 28.5 Å². The Morgan fingerprint density at radius 3 is 2.59 bits per heavy atom. The predicted molar refractivity (Wildman–Crippen MR) is 128 cm³/mol. The van der Waals surface area contributed by atoms with Crippen molar-refractivity contribution in [2.75, 3.05) is 5.32 Å². The second-order valence-electron chi connectivity index (χ2n) is 9.06. The first kappa shape index (κ1) is 21.6. The van der Waals surface area contributed by atoms with Gasteiger partial charge in [-0.1, -0.05) is 32.9 Å². The summed E-state index contributed by atoms with van der Waals surface area (Å²) in [6.45, 7) is 8.16. The number of anilines is 2. The van der Waals surface area contributed by atoms with Gasteiger partial charge in [-0.05, 0) is 48.2 Å². The summed E-state index contributed by atoms with van der Waals surface area (Å²) >= 11 is 0. The molecule has 0 aliphatic rings. The van der Waals surface area contributed by atoms with Crippen LogP contribution < -0.4 is 10.1 Å². The third-order valence-electron chi connectivity index (χ3n) is 5.29. The maximum atomic E-state index is 11.4. The van der Waals surface area contributed by atoms with Gasteiger partial charge >= 0.3 is 0 Å². The van der Waals surface area contributed by atoms with E-state index in [0.29, 0.717) is 23.6 Å². The first-order chi connectivity index (χ1) is 15.2. The van der Waals surface area contributed by atoms with Gasteiger partial charge in [0, 0.05) is 37.5 Å². The number of imidazole rings is 1. The molecule has 6 nitrogen and oxygen atoms in total. The van der Waals surface area contributed by atoms with E-state index >= 15 is 0 Å². The van der Waals surface area contributed by atoms with E-state index in [2.05, 4.69) is 49.3 Å². The fourth-order valence-electron chi connectivity index (χ4n) is 3.55. The molecule has 0 saturated heterocycles. The Bertz CT molecular complexity index is 1280. The SMILES string of the molecule is CC(=O)Cc1cc(Oc2ccc3c(c2)nc(Nc2cccc(C(C)(C)C)c2)n3C)ccn1. The molecule has 0 saturated carbocycles. The quantitative estimate of drug-likeness (QED) is 0.412. The van der Waals surface area contributed by atoms with Gasteiger partial charge in [-0.15, -0.1) is 0 Å². The van der Waals surface area contributed by atoms with Gasteiger partial charge in [-0.3, -0.25) is 9.78 Å². The van der Waals surface area contributed by atoms with Gasteiger partial charge in [0.25, 0.3) is 0 Å². The molecule has 0 aliphatic heterocycles. The number of fused-ring (bicyclic) bond motifs is 1. The lowest BCUT2D eigenvalue weighted by molar-refractivity contribution is -0.116. The second kappa shape index (κ2) is 8.46. The van der Waals surface area contributed by atoms with Gasteiger partial charge in [0.1, 0.15) is 17.3 Å². The number of ether oxygens (including phenoxy) is 1. The molecule has 164 valence electrons. The molecular formula is C26H28N4O2. The summed E-state index contributed by atoms with van der Waals surface area (Å²) in [6, 6.07) is 17.8. The number of aryl methyl sites for hydroxylation is 1. The molecule has 2 heterocycles. The molecule has 0 radical (unpaired) electrons. The summed E-state index contributed by atoms with van der Waals surface area (Å²) in [7, 11) is 1.99. The van der Waals surface area contributed by atoms with Crippen LogP contribution in [0.5, 0.6) is 11.5 Å². The number of nitrogens with one attached hydrogen (secondary N) is 1. The largest absolute Gasteiger partial charge is 0.457 e. The van der Waals surface area contributed by atoms with Crippen LogP contribution in [0.25, 0.3) is 11.0 Å². The van der Waals surface area contributed by atoms with Crippen LogP contribution in [-0.4, -0.2) is 20.3 Å². The van der Waals surface area contributed by atoms with Crippen molar-refractivity contribution in [1.29, 1.82) is 0 Å². The van der Waals surface area contributed by atoms with Crippen molar-refractivity contribution in [1.82, 2.24) is 14.5 Å². The Hall–Kier alpha value is -3.67. The first-order valence-electron chi connectivity index (χ1n) is 10.7. The van der Waals surface area contributed by atoms with Gasteiger partial charge < -0.3 is 14.6 Å². The third kappa shape index (κ3) is 4.80. The number of nitrogens with zero attached hydrogens (tertiary/aromatic N) is 3. The van der Waals surface area contributed by atoms with E-state index in [4.69, 9.17) is 9.72 Å². The summed E-state index contributed by atoms with van der Waals surface area (Å²) < 4.78 is 8.04. The lowest BCUT2D eigenvalue weighted by Crippen LogP contribution is -2.11. The highest BCUT2D eigenvalue weighted by Gasteiger charge is 2.15. The molecule has 4 rings (SSSR count). The van der Waals surface area contributed by atoms with E-state index in [1.54, 1.807) is 25.3 Å². The Labute approximate surface area is 188 Å². The molecule has 1 N–H and O–H groups in total. The highest BCUT2D eigenvalue weighted by Crippen LogP contribution is 2.29. The number of benzene rings is 2. The zero-order valence-electron chi connectivity index (χ0n) is 19.1. The van der Waals surface area contributed by atoms with E-state index in [1.165, 1.54) is 5.56 Å². The van der Waals surface area contributed by atoms with Crippen LogP contribution in [0.1, 0.15) is 39.0 Å². The van der Waals surface area contributed by atoms with Crippen molar-refractivity contribution in [3.8, 4) is 11.5 Å². The minimum absolute atomic E-state index is 0.0672. The minimum Gasteiger partial charge on any atom is -0.457 e. The monoisotopic (exact) mass is 428 g/mol. The van der Waals surface area contributed by atoms with Crippen molar-refractivity contribution in [2.24, 2.45) is 7.05 Å². The summed E-state index contributed by atoms with van der Waals surface area (Å²) in [5.74, 6) is 2.15. The molecule has 32 heavy (non-hydrogen) atoms. The van der Waals surface area contributed by atoms with E-state index in [9.17, 15) is 4.79 Å². The zero-order chi connectivity index (χ0) is 22.9. The van der Waals surface area contributed by atoms with E-state index in [-0.39, 0.29) is 11.2 Å². The molecule has 0 unspecified atom stereocenters. The number of aromatic nitrogens is 3. The fourth-order valence-corrected chi connectivity index (χ4v) is 3.55. The summed E-state index contributed by atoms with van der Waals surface area (Å²) in [5, 5.41) is 3.44. The summed E-state index contributed by atoms with van der Waals surface area (Å²) in [4.78, 5) is 20.4. The van der Waals surface area contributed by atoms with Crippen molar-refractivity contribution in [3.05, 3.63) is 72.1 Å². The average molecular weight is 429 g/mol. The van der Waals surface area contributed by atoms with Gasteiger partial charge in [0.15, 0.2) is 0 Å². The number of ketones is 1. The van der Waals surface area contributed by atoms with E-state index < -0.39 is 0 Å². The summed E-state index contributed by atoms with van der Waals surface area (Å²) in [5.41, 5.74) is 4.86. The second-order valence-corrected chi connectivity index (χ2v) is 9.06. The number of carbonyl (C=O) groups excluding carboxylic acids is 1. The Balaban J connectivity index is 1.58. The highest BCUT2D eigenvalue weighted by molar-refractivity contribution is 5.81. The fraction of sp³-hybridized carbons (Fsp3) is 0.269. The van der Waals surface area contributed by atoms with Crippen LogP contribution in [0.3, 0.4) is 0 Å². The lowest BCUT2D eigenvalue weighted by atomic mass is 9.87. The first-order valence-corrected chi connectivity index (χ1v) is 10.7. The van der Waals surface area contributed by atoms with Crippen LogP contribution in [-0.2, 0) is 23.7 Å². The smallest absolute Gasteiger partial charge is 0.208 e. The summed E-state index contributed by atoms with van der Waals surface area (Å²) in [6.07, 6.45) is 1.95. The molecular weight excluding hydrogens is 400 g/mol. The van der Waals surface area contributed by atoms with Gasteiger partial charge in [0.05, 0.1) is 16.7 Å². The Morgan fingerprint density at radius 2 is 1.84 bits per heavy atom. The van der Waals surface area contributed by atoms with Crippen molar-refractivity contribution < 1.29 is 9.53 Å². The number of carbonyl (C=O) groups is 1. The van der Waals surface area contributed by atoms with Crippen molar-refractivity contribution in [3.63, 3.8) is 0 Å². The molecule has 0 amide bonds. The standard InChI is InChI=1S/C26H28N4O2/c1-17(31)13-20-15-22(11-12-27-20)32-21-9-10-24-23(16-21)29-25(30(24)5)28-19-8-6-7-18(14-19)26(2,3)4/h6-12,14-16H,13H2,1-5H3,(H,28,29). The van der Waals surface area contributed by atoms with Gasteiger partial charge in [-0.25, -0.2) is 4.98 Å². The number of pyridine rings is 1. The normalized spacial score (nSPS) is 11.5. The highest BCUT2D eigenvalue weighted by atomic mass is 16.5. The maximum Gasteiger partial charge on any atom is 0.208 e. The van der Waals surface area contributed by atoms with E-state index in [1.807, 2.05) is 35.9 Å². The van der Waals surface area contributed by atoms with Crippen molar-refractivity contribution in [2.45, 2.75) is 39.5 Å². The third-order valence-corrected chi connectivity index (χ3v) is 5.29. The topological polar surface area (TPSA) is 69.0 Å². The molecule has 0 fully saturated rings. The minimum atomic E-state index is 0.0672. The Morgan fingerprint density at radius 1 is 1.06 bits per heavy atom. The van der Waals surface area contributed by atoms with Crippen LogP contribution in [0, 0.1) is 0 Å². The molecule has 6 heteroatoms. The molecule has 2 aromatic carbocycles. The Kier molecular flexibility index (Phi) is 5.70. The molecule has 0 aliphatic carbocycles. The molecule has 0 bridgehead atoms. The van der Waals surface area contributed by atoms with Crippen LogP contribution in [0.4, 0.5) is 11.6 Å². The maximum absolute atomic E-state index is 11.4. The van der Waals surface area contributed by atoms with E-state index in [0.717, 1.165) is 22.7 Å².